The number of hydrogen-bond donors (Lipinski definition) is 0. The Labute approximate surface area is 94.9 Å². The first-order chi connectivity index (χ1) is 7.24. The van der Waals surface area contributed by atoms with Gasteiger partial charge in [-0.05, 0) is 6.92 Å². The highest BCUT2D eigenvalue weighted by Gasteiger charge is 2.16. The quantitative estimate of drug-likeness (QED) is 0.760. The number of hydrogen-bond acceptors (Lipinski definition) is 5. The lowest BCUT2D eigenvalue weighted by atomic mass is 10.3. The van der Waals surface area contributed by atoms with E-state index in [1.54, 1.807) is 12.4 Å². The average Bonchev–Trinajstić information content (AvgIpc) is 2.67. The number of thiazole rings is 1. The van der Waals surface area contributed by atoms with Crippen LogP contribution in [0.4, 0.5) is 0 Å². The molecular weight excluding hydrogens is 236 g/mol. The van der Waals surface area contributed by atoms with Crippen LogP contribution in [-0.2, 0) is 4.74 Å². The summed E-state index contributed by atoms with van der Waals surface area (Å²) in [5, 5.41) is 0.305. The largest absolute Gasteiger partial charge is 0.462 e. The molecule has 0 aliphatic carbocycles. The van der Waals surface area contributed by atoms with Crippen LogP contribution in [0.15, 0.2) is 11.7 Å². The fourth-order valence-electron chi connectivity index (χ4n) is 1.14. The second kappa shape index (κ2) is 4.12. The van der Waals surface area contributed by atoms with E-state index in [-0.39, 0.29) is 5.56 Å². The Balaban J connectivity index is 2.52. The number of esters is 1. The molecule has 2 heterocycles. The molecule has 0 N–H and O–H groups in total. The SMILES string of the molecule is CCOC(=O)c1cnc2scnc2c1Cl. The van der Waals surface area contributed by atoms with Crippen LogP contribution < -0.4 is 0 Å². The average molecular weight is 243 g/mol. The number of nitrogens with zero attached hydrogens (tertiary/aromatic N) is 2. The van der Waals surface area contributed by atoms with Crippen LogP contribution in [0.3, 0.4) is 0 Å². The molecule has 0 fully saturated rings. The fraction of sp³-hybridized carbons (Fsp3) is 0.222. The minimum Gasteiger partial charge on any atom is -0.462 e. The zero-order valence-corrected chi connectivity index (χ0v) is 9.43. The Morgan fingerprint density at radius 3 is 3.13 bits per heavy atom. The summed E-state index contributed by atoms with van der Waals surface area (Å²) in [4.78, 5) is 20.3. The van der Waals surface area contributed by atoms with Crippen molar-refractivity contribution in [2.75, 3.05) is 6.61 Å². The van der Waals surface area contributed by atoms with E-state index in [0.717, 1.165) is 0 Å². The summed E-state index contributed by atoms with van der Waals surface area (Å²) in [6.07, 6.45) is 1.42. The van der Waals surface area contributed by atoms with E-state index >= 15 is 0 Å². The van der Waals surface area contributed by atoms with Gasteiger partial charge in [-0.2, -0.15) is 0 Å². The van der Waals surface area contributed by atoms with Gasteiger partial charge in [0.05, 0.1) is 22.7 Å². The van der Waals surface area contributed by atoms with Gasteiger partial charge in [0.2, 0.25) is 0 Å². The van der Waals surface area contributed by atoms with Crippen molar-refractivity contribution < 1.29 is 9.53 Å². The fourth-order valence-corrected chi connectivity index (χ4v) is 2.10. The van der Waals surface area contributed by atoms with Gasteiger partial charge in [0, 0.05) is 6.20 Å². The first-order valence-electron chi connectivity index (χ1n) is 4.29. The highest BCUT2D eigenvalue weighted by atomic mass is 35.5. The summed E-state index contributed by atoms with van der Waals surface area (Å²) in [5.74, 6) is -0.468. The van der Waals surface area contributed by atoms with Crippen LogP contribution in [0.25, 0.3) is 10.3 Å². The summed E-state index contributed by atoms with van der Waals surface area (Å²) in [6, 6.07) is 0. The maximum atomic E-state index is 11.5. The molecule has 78 valence electrons. The molecule has 0 aliphatic heterocycles. The van der Waals surface area contributed by atoms with Crippen LogP contribution in [0.5, 0.6) is 0 Å². The monoisotopic (exact) mass is 242 g/mol. The second-order valence-electron chi connectivity index (χ2n) is 2.71. The maximum Gasteiger partial charge on any atom is 0.341 e. The Morgan fingerprint density at radius 2 is 2.40 bits per heavy atom. The van der Waals surface area contributed by atoms with Crippen molar-refractivity contribution in [1.29, 1.82) is 0 Å². The number of fused-ring (bicyclic) bond motifs is 1. The molecule has 2 rings (SSSR count). The van der Waals surface area contributed by atoms with Gasteiger partial charge in [-0.3, -0.25) is 0 Å². The summed E-state index contributed by atoms with van der Waals surface area (Å²) < 4.78 is 4.85. The minimum absolute atomic E-state index is 0.261. The summed E-state index contributed by atoms with van der Waals surface area (Å²) in [7, 11) is 0. The lowest BCUT2D eigenvalue weighted by Gasteiger charge is -2.03. The van der Waals surface area contributed by atoms with E-state index < -0.39 is 5.97 Å². The summed E-state index contributed by atoms with van der Waals surface area (Å²) in [6.45, 7) is 2.05. The van der Waals surface area contributed by atoms with E-state index in [0.29, 0.717) is 22.0 Å². The molecule has 0 aliphatic rings. The molecule has 0 amide bonds. The predicted molar refractivity (Wildman–Crippen MR) is 58.4 cm³/mol. The molecule has 0 bridgehead atoms. The molecule has 15 heavy (non-hydrogen) atoms. The molecular formula is C9H7ClN2O2S. The Hall–Kier alpha value is -1.20. The zero-order valence-electron chi connectivity index (χ0n) is 7.86. The smallest absolute Gasteiger partial charge is 0.341 e. The van der Waals surface area contributed by atoms with E-state index in [9.17, 15) is 4.79 Å². The zero-order chi connectivity index (χ0) is 10.8. The molecule has 0 unspecified atom stereocenters. The molecule has 2 aromatic rings. The number of halogens is 1. The van der Waals surface area contributed by atoms with Gasteiger partial charge in [-0.25, -0.2) is 14.8 Å². The van der Waals surface area contributed by atoms with Crippen molar-refractivity contribution in [2.45, 2.75) is 6.92 Å². The highest BCUT2D eigenvalue weighted by Crippen LogP contribution is 2.26. The number of aromatic nitrogens is 2. The van der Waals surface area contributed by atoms with E-state index in [1.807, 2.05) is 0 Å². The molecule has 0 spiro atoms. The van der Waals surface area contributed by atoms with Crippen molar-refractivity contribution in [2.24, 2.45) is 0 Å². The maximum absolute atomic E-state index is 11.5. The van der Waals surface area contributed by atoms with Crippen LogP contribution >= 0.6 is 22.9 Å². The van der Waals surface area contributed by atoms with Crippen molar-refractivity contribution in [3.8, 4) is 0 Å². The number of ether oxygens (including phenoxy) is 1. The van der Waals surface area contributed by atoms with Crippen molar-refractivity contribution in [3.63, 3.8) is 0 Å². The predicted octanol–water partition coefficient (Wildman–Crippen LogP) is 2.52. The lowest BCUT2D eigenvalue weighted by molar-refractivity contribution is 0.0526. The number of rotatable bonds is 2. The van der Waals surface area contributed by atoms with Crippen LogP contribution in [-0.4, -0.2) is 22.5 Å². The molecule has 0 aromatic carbocycles. The van der Waals surface area contributed by atoms with Gasteiger partial charge in [0.15, 0.2) is 0 Å². The molecule has 4 nitrogen and oxygen atoms in total. The van der Waals surface area contributed by atoms with Gasteiger partial charge < -0.3 is 4.74 Å². The second-order valence-corrected chi connectivity index (χ2v) is 3.92. The molecule has 0 saturated carbocycles. The Kier molecular flexibility index (Phi) is 2.83. The first-order valence-corrected chi connectivity index (χ1v) is 5.54. The van der Waals surface area contributed by atoms with E-state index in [4.69, 9.17) is 16.3 Å². The summed E-state index contributed by atoms with van der Waals surface area (Å²) >= 11 is 7.39. The highest BCUT2D eigenvalue weighted by molar-refractivity contribution is 7.16. The van der Waals surface area contributed by atoms with Crippen LogP contribution in [0.2, 0.25) is 5.02 Å². The third-order valence-electron chi connectivity index (χ3n) is 1.80. The van der Waals surface area contributed by atoms with Gasteiger partial charge in [0.1, 0.15) is 10.3 Å². The minimum atomic E-state index is -0.468. The van der Waals surface area contributed by atoms with Gasteiger partial charge in [0.25, 0.3) is 0 Å². The number of carbonyl (C=O) groups excluding carboxylic acids is 1. The normalized spacial score (nSPS) is 10.5. The number of pyridine rings is 1. The first kappa shape index (κ1) is 10.3. The van der Waals surface area contributed by atoms with Crippen molar-refractivity contribution >= 4 is 39.3 Å². The molecule has 0 radical (unpaired) electrons. The van der Waals surface area contributed by atoms with Crippen LogP contribution in [0.1, 0.15) is 17.3 Å². The molecule has 6 heteroatoms. The molecule has 0 saturated heterocycles. The standard InChI is InChI=1S/C9H7ClN2O2S/c1-2-14-9(13)5-3-11-8-7(6(5)10)12-4-15-8/h3-4H,2H2,1H3. The lowest BCUT2D eigenvalue weighted by Crippen LogP contribution is -2.06. The molecule has 2 aromatic heterocycles. The number of carbonyl (C=O) groups is 1. The van der Waals surface area contributed by atoms with Crippen molar-refractivity contribution in [3.05, 3.63) is 22.3 Å². The third-order valence-corrected chi connectivity index (χ3v) is 2.91. The Bertz CT molecular complexity index is 512. The van der Waals surface area contributed by atoms with Gasteiger partial charge >= 0.3 is 5.97 Å². The molecule has 0 atom stereocenters. The summed E-state index contributed by atoms with van der Waals surface area (Å²) in [5.41, 5.74) is 2.45. The van der Waals surface area contributed by atoms with Gasteiger partial charge in [-0.1, -0.05) is 11.6 Å². The van der Waals surface area contributed by atoms with Crippen LogP contribution in [0, 0.1) is 0 Å². The Morgan fingerprint density at radius 1 is 1.60 bits per heavy atom. The van der Waals surface area contributed by atoms with Crippen molar-refractivity contribution in [1.82, 2.24) is 9.97 Å². The topological polar surface area (TPSA) is 52.1 Å². The third kappa shape index (κ3) is 1.80. The van der Waals surface area contributed by atoms with E-state index in [2.05, 4.69) is 9.97 Å². The van der Waals surface area contributed by atoms with Gasteiger partial charge in [-0.15, -0.1) is 11.3 Å². The van der Waals surface area contributed by atoms with E-state index in [1.165, 1.54) is 17.5 Å².